The van der Waals surface area contributed by atoms with Gasteiger partial charge in [0.15, 0.2) is 0 Å². The number of piperazine rings is 1. The number of pyridine rings is 1. The van der Waals surface area contributed by atoms with Crippen LogP contribution in [0, 0.1) is 6.92 Å². The summed E-state index contributed by atoms with van der Waals surface area (Å²) in [6.07, 6.45) is 6.22. The van der Waals surface area contributed by atoms with E-state index in [1.807, 2.05) is 24.0 Å². The van der Waals surface area contributed by atoms with Gasteiger partial charge in [-0.1, -0.05) is 23.8 Å². The van der Waals surface area contributed by atoms with Crippen LogP contribution < -0.4 is 10.9 Å². The highest BCUT2D eigenvalue weighted by Crippen LogP contribution is 2.31. The Balaban J connectivity index is 1.42. The molecule has 0 atom stereocenters. The van der Waals surface area contributed by atoms with Crippen molar-refractivity contribution < 1.29 is 4.79 Å². The number of aryl methyl sites for hydroxylation is 1. The molecule has 3 aromatic rings. The average molecular weight is 407 g/mol. The van der Waals surface area contributed by atoms with Gasteiger partial charge in [-0.3, -0.25) is 9.59 Å². The molecule has 2 aliphatic rings. The van der Waals surface area contributed by atoms with Crippen molar-refractivity contribution >= 4 is 38.2 Å². The lowest BCUT2D eigenvalue weighted by atomic mass is 10.1. The Morgan fingerprint density at radius 1 is 1.10 bits per heavy atom. The van der Waals surface area contributed by atoms with E-state index in [0.29, 0.717) is 23.4 Å². The topological polar surface area (TPSA) is 68.4 Å². The number of dihydropyridines is 1. The number of rotatable bonds is 2. The number of carbonyl (C=O) groups excluding carboxylic acids is 1. The number of aromatic amines is 1. The molecule has 2 aliphatic heterocycles. The number of H-pyrrole nitrogens is 1. The van der Waals surface area contributed by atoms with Crippen LogP contribution in [-0.4, -0.2) is 53.4 Å². The van der Waals surface area contributed by atoms with Crippen LogP contribution in [0.25, 0.3) is 21.0 Å². The van der Waals surface area contributed by atoms with Crippen molar-refractivity contribution in [3.8, 4) is 0 Å². The summed E-state index contributed by atoms with van der Waals surface area (Å²) in [6.45, 7) is 5.81. The number of fused-ring (bicyclic) bond motifs is 3. The van der Waals surface area contributed by atoms with E-state index in [1.165, 1.54) is 11.3 Å². The molecule has 0 aliphatic carbocycles. The van der Waals surface area contributed by atoms with Gasteiger partial charge in [-0.05, 0) is 31.2 Å². The van der Waals surface area contributed by atoms with Crippen LogP contribution in [0.4, 0.5) is 0 Å². The van der Waals surface area contributed by atoms with Crippen molar-refractivity contribution in [2.24, 2.45) is 0 Å². The molecule has 148 valence electrons. The minimum Gasteiger partial charge on any atom is -0.368 e. The second kappa shape index (κ2) is 7.08. The van der Waals surface area contributed by atoms with E-state index >= 15 is 0 Å². The number of thiophene rings is 1. The summed E-state index contributed by atoms with van der Waals surface area (Å²) in [6, 6.07) is 7.73. The zero-order valence-corrected chi connectivity index (χ0v) is 17.0. The lowest BCUT2D eigenvalue weighted by Crippen LogP contribution is -2.50. The second-order valence-corrected chi connectivity index (χ2v) is 8.55. The van der Waals surface area contributed by atoms with E-state index in [4.69, 9.17) is 0 Å². The highest BCUT2D eigenvalue weighted by Gasteiger charge is 2.25. The van der Waals surface area contributed by atoms with Crippen molar-refractivity contribution in [3.63, 3.8) is 0 Å². The molecule has 1 fully saturated rings. The number of hydrogen-bond acceptors (Lipinski definition) is 5. The Morgan fingerprint density at radius 3 is 2.69 bits per heavy atom. The first-order valence-corrected chi connectivity index (χ1v) is 10.6. The van der Waals surface area contributed by atoms with E-state index < -0.39 is 0 Å². The molecule has 2 N–H and O–H groups in total. The highest BCUT2D eigenvalue weighted by molar-refractivity contribution is 7.21. The number of amides is 1. The summed E-state index contributed by atoms with van der Waals surface area (Å²) in [5.74, 6) is 1.13. The van der Waals surface area contributed by atoms with E-state index in [0.717, 1.165) is 46.6 Å². The fraction of sp³-hybridized carbons (Fsp3) is 0.273. The van der Waals surface area contributed by atoms with Crippen LogP contribution in [0.2, 0.25) is 0 Å². The molecule has 29 heavy (non-hydrogen) atoms. The Kier molecular flexibility index (Phi) is 4.39. The molecule has 4 heterocycles. The normalized spacial score (nSPS) is 16.9. The van der Waals surface area contributed by atoms with E-state index in [-0.39, 0.29) is 11.5 Å². The third kappa shape index (κ3) is 3.21. The zero-order valence-electron chi connectivity index (χ0n) is 16.2. The maximum Gasteiger partial charge on any atom is 0.264 e. The average Bonchev–Trinajstić information content (AvgIpc) is 3.21. The van der Waals surface area contributed by atoms with E-state index in [1.54, 1.807) is 6.07 Å². The Morgan fingerprint density at radius 2 is 1.93 bits per heavy atom. The zero-order chi connectivity index (χ0) is 20.0. The van der Waals surface area contributed by atoms with Crippen LogP contribution in [0.5, 0.6) is 0 Å². The minimum atomic E-state index is -0.139. The summed E-state index contributed by atoms with van der Waals surface area (Å²) < 4.78 is 0.887. The summed E-state index contributed by atoms with van der Waals surface area (Å²) in [4.78, 5) is 33.4. The van der Waals surface area contributed by atoms with Crippen molar-refractivity contribution in [1.29, 1.82) is 0 Å². The van der Waals surface area contributed by atoms with Crippen LogP contribution in [-0.2, 0) is 0 Å². The largest absolute Gasteiger partial charge is 0.368 e. The standard InChI is InChI=1S/C22H22N4O2S/c1-14-5-6-17-15(12-14)20-16(21(27)24-17)13-18(29-20)22(28)26-10-8-25(9-11-26)19-4-2-3-7-23-19/h2-6,12-13,23H,7-11H2,1H3,(H,24,27). The molecular weight excluding hydrogens is 384 g/mol. The maximum absolute atomic E-state index is 13.1. The van der Waals surface area contributed by atoms with Crippen molar-refractivity contribution in [2.45, 2.75) is 6.92 Å². The van der Waals surface area contributed by atoms with Gasteiger partial charge in [-0.15, -0.1) is 11.3 Å². The lowest BCUT2D eigenvalue weighted by Gasteiger charge is -2.37. The molecule has 0 unspecified atom stereocenters. The Labute approximate surface area is 172 Å². The summed E-state index contributed by atoms with van der Waals surface area (Å²) in [5.41, 5.74) is 1.80. The molecule has 5 rings (SSSR count). The number of nitrogens with one attached hydrogen (secondary N) is 2. The van der Waals surface area contributed by atoms with Crippen molar-refractivity contribution in [2.75, 3.05) is 32.7 Å². The van der Waals surface area contributed by atoms with Gasteiger partial charge < -0.3 is 20.1 Å². The lowest BCUT2D eigenvalue weighted by molar-refractivity contribution is 0.0668. The second-order valence-electron chi connectivity index (χ2n) is 7.50. The first kappa shape index (κ1) is 18.0. The monoisotopic (exact) mass is 406 g/mol. The van der Waals surface area contributed by atoms with Crippen LogP contribution >= 0.6 is 11.3 Å². The van der Waals surface area contributed by atoms with Crippen LogP contribution in [0.3, 0.4) is 0 Å². The van der Waals surface area contributed by atoms with Gasteiger partial charge in [-0.2, -0.15) is 0 Å². The molecule has 2 aromatic heterocycles. The molecule has 0 radical (unpaired) electrons. The van der Waals surface area contributed by atoms with Gasteiger partial charge in [0.1, 0.15) is 5.82 Å². The fourth-order valence-corrected chi connectivity index (χ4v) is 5.14. The highest BCUT2D eigenvalue weighted by atomic mass is 32.1. The number of aromatic nitrogens is 1. The molecule has 1 amide bonds. The maximum atomic E-state index is 13.1. The quantitative estimate of drug-likeness (QED) is 0.687. The number of carbonyl (C=O) groups is 1. The SMILES string of the molecule is Cc1ccc2[nH]c(=O)c3cc(C(=O)N4CCN(C5=CC=CCN5)CC4)sc3c2c1. The number of benzene rings is 1. The number of hydrogen-bond donors (Lipinski definition) is 2. The predicted octanol–water partition coefficient (Wildman–Crippen LogP) is 2.81. The molecule has 0 bridgehead atoms. The van der Waals surface area contributed by atoms with Gasteiger partial charge in [0.2, 0.25) is 0 Å². The molecule has 0 spiro atoms. The predicted molar refractivity (Wildman–Crippen MR) is 117 cm³/mol. The van der Waals surface area contributed by atoms with Crippen LogP contribution in [0.1, 0.15) is 15.2 Å². The molecular formula is C22H22N4O2S. The van der Waals surface area contributed by atoms with Crippen molar-refractivity contribution in [1.82, 2.24) is 20.1 Å². The van der Waals surface area contributed by atoms with Gasteiger partial charge in [0.05, 0.1) is 10.3 Å². The van der Waals surface area contributed by atoms with E-state index in [2.05, 4.69) is 39.5 Å². The molecule has 1 saturated heterocycles. The molecule has 7 heteroatoms. The molecule has 1 aromatic carbocycles. The Hall–Kier alpha value is -3.06. The summed E-state index contributed by atoms with van der Waals surface area (Å²) in [7, 11) is 0. The molecule has 6 nitrogen and oxygen atoms in total. The third-order valence-corrected chi connectivity index (χ3v) is 6.71. The summed E-state index contributed by atoms with van der Waals surface area (Å²) in [5, 5.41) is 4.96. The third-order valence-electron chi connectivity index (χ3n) is 5.55. The minimum absolute atomic E-state index is 0.0107. The van der Waals surface area contributed by atoms with E-state index in [9.17, 15) is 9.59 Å². The van der Waals surface area contributed by atoms with Gasteiger partial charge in [0.25, 0.3) is 11.5 Å². The first-order valence-electron chi connectivity index (χ1n) is 9.81. The first-order chi connectivity index (χ1) is 14.1. The van der Waals surface area contributed by atoms with Gasteiger partial charge in [0, 0.05) is 48.3 Å². The van der Waals surface area contributed by atoms with Crippen molar-refractivity contribution in [3.05, 3.63) is 69.1 Å². The van der Waals surface area contributed by atoms with Crippen LogP contribution in [0.15, 0.2) is 53.1 Å². The Bertz CT molecular complexity index is 1230. The number of nitrogens with zero attached hydrogens (tertiary/aromatic N) is 2. The molecule has 0 saturated carbocycles. The smallest absolute Gasteiger partial charge is 0.264 e. The fourth-order valence-electron chi connectivity index (χ4n) is 3.98. The van der Waals surface area contributed by atoms with Gasteiger partial charge >= 0.3 is 0 Å². The summed E-state index contributed by atoms with van der Waals surface area (Å²) >= 11 is 1.42. The van der Waals surface area contributed by atoms with Gasteiger partial charge in [-0.25, -0.2) is 0 Å². The number of allylic oxidation sites excluding steroid dienone is 2.